The molecule has 0 radical (unpaired) electrons. The normalized spacial score (nSPS) is 21.0. The number of carbonyl (C=O) groups excluding carboxylic acids is 2. The number of halogens is 2. The van der Waals surface area contributed by atoms with Gasteiger partial charge in [-0.05, 0) is 43.9 Å². The minimum atomic E-state index is -0.684. The molecule has 0 spiro atoms. The maximum Gasteiger partial charge on any atom is 0.254 e. The summed E-state index contributed by atoms with van der Waals surface area (Å²) in [6.45, 7) is 6.87. The largest absolute Gasteiger partial charge is 0.340 e. The topological polar surface area (TPSA) is 75.4 Å². The highest BCUT2D eigenvalue weighted by Crippen LogP contribution is 2.24. The lowest BCUT2D eigenvalue weighted by Crippen LogP contribution is -2.52. The summed E-state index contributed by atoms with van der Waals surface area (Å²) in [5.74, 6) is -1.10. The third-order valence-electron chi connectivity index (χ3n) is 4.62. The van der Waals surface area contributed by atoms with Crippen LogP contribution in [0, 0.1) is 17.7 Å². The molecule has 2 rings (SSSR count). The van der Waals surface area contributed by atoms with Crippen molar-refractivity contribution in [1.29, 1.82) is 0 Å². The molecule has 1 saturated heterocycles. The van der Waals surface area contributed by atoms with Crippen molar-refractivity contribution in [3.8, 4) is 0 Å². The van der Waals surface area contributed by atoms with Gasteiger partial charge in [-0.1, -0.05) is 26.0 Å². The van der Waals surface area contributed by atoms with Gasteiger partial charge in [0.05, 0.1) is 5.56 Å². The van der Waals surface area contributed by atoms with E-state index in [1.807, 2.05) is 20.8 Å². The predicted molar refractivity (Wildman–Crippen MR) is 98.1 cm³/mol. The number of nitrogens with zero attached hydrogens (tertiary/aromatic N) is 1. The Bertz CT molecular complexity index is 612. The van der Waals surface area contributed by atoms with Crippen LogP contribution in [-0.2, 0) is 4.79 Å². The quantitative estimate of drug-likeness (QED) is 0.833. The molecule has 0 saturated carbocycles. The maximum atomic E-state index is 13.8. The monoisotopic (exact) mass is 371 g/mol. The van der Waals surface area contributed by atoms with Crippen molar-refractivity contribution in [3.05, 3.63) is 35.6 Å². The number of hydrogen-bond donors (Lipinski definition) is 2. The molecule has 3 atom stereocenters. The zero-order valence-corrected chi connectivity index (χ0v) is 15.7. The van der Waals surface area contributed by atoms with Gasteiger partial charge in [-0.25, -0.2) is 4.39 Å². The molecule has 1 aromatic rings. The molecule has 0 aromatic heterocycles. The van der Waals surface area contributed by atoms with Gasteiger partial charge >= 0.3 is 0 Å². The highest BCUT2D eigenvalue weighted by molar-refractivity contribution is 5.97. The molecule has 1 aromatic carbocycles. The third kappa shape index (κ3) is 4.92. The highest BCUT2D eigenvalue weighted by Gasteiger charge is 2.37. The van der Waals surface area contributed by atoms with Crippen molar-refractivity contribution in [2.24, 2.45) is 17.6 Å². The third-order valence-corrected chi connectivity index (χ3v) is 4.62. The summed E-state index contributed by atoms with van der Waals surface area (Å²) in [6.07, 6.45) is 0.869. The van der Waals surface area contributed by atoms with E-state index in [9.17, 15) is 14.0 Å². The fourth-order valence-corrected chi connectivity index (χ4v) is 3.18. The predicted octanol–water partition coefficient (Wildman–Crippen LogP) is 2.20. The first-order valence-electron chi connectivity index (χ1n) is 8.41. The van der Waals surface area contributed by atoms with Crippen LogP contribution >= 0.6 is 12.4 Å². The Morgan fingerprint density at radius 3 is 2.52 bits per heavy atom. The van der Waals surface area contributed by atoms with Crippen LogP contribution in [0.1, 0.15) is 37.6 Å². The van der Waals surface area contributed by atoms with E-state index in [4.69, 9.17) is 5.73 Å². The minimum Gasteiger partial charge on any atom is -0.340 e. The van der Waals surface area contributed by atoms with E-state index in [1.165, 1.54) is 18.2 Å². The lowest BCUT2D eigenvalue weighted by atomic mass is 10.0. The molecule has 1 heterocycles. The summed E-state index contributed by atoms with van der Waals surface area (Å²) in [5, 5.41) is 2.70. The summed E-state index contributed by atoms with van der Waals surface area (Å²) in [6, 6.07) is 5.17. The van der Waals surface area contributed by atoms with Crippen molar-refractivity contribution in [2.45, 2.75) is 39.3 Å². The molecule has 25 heavy (non-hydrogen) atoms. The molecule has 2 amide bonds. The van der Waals surface area contributed by atoms with Gasteiger partial charge in [0, 0.05) is 12.6 Å². The number of nitrogens with one attached hydrogen (secondary N) is 1. The van der Waals surface area contributed by atoms with Gasteiger partial charge in [0.1, 0.15) is 11.9 Å². The van der Waals surface area contributed by atoms with E-state index in [-0.39, 0.29) is 35.8 Å². The summed E-state index contributed by atoms with van der Waals surface area (Å²) in [4.78, 5) is 27.0. The molecule has 7 heteroatoms. The molecule has 1 aliphatic heterocycles. The average molecular weight is 372 g/mol. The standard InChI is InChI=1S/C18H26FN3O2.ClH/c1-11(2)16(18(24)22-10-13(9-20)8-12(22)3)21-17(23)14-6-4-5-7-15(14)19;/h4-7,11-13,16H,8-10,20H2,1-3H3,(H,21,23);1H. The van der Waals surface area contributed by atoms with Gasteiger partial charge in [0.25, 0.3) is 5.91 Å². The number of benzene rings is 1. The molecule has 5 nitrogen and oxygen atoms in total. The van der Waals surface area contributed by atoms with E-state index >= 15 is 0 Å². The van der Waals surface area contributed by atoms with E-state index in [1.54, 1.807) is 11.0 Å². The van der Waals surface area contributed by atoms with Crippen LogP contribution in [0.4, 0.5) is 4.39 Å². The van der Waals surface area contributed by atoms with Gasteiger partial charge < -0.3 is 16.0 Å². The molecule has 140 valence electrons. The lowest BCUT2D eigenvalue weighted by Gasteiger charge is -2.29. The highest BCUT2D eigenvalue weighted by atomic mass is 35.5. The van der Waals surface area contributed by atoms with Gasteiger partial charge in [-0.15, -0.1) is 12.4 Å². The number of hydrogen-bond acceptors (Lipinski definition) is 3. The summed E-state index contributed by atoms with van der Waals surface area (Å²) >= 11 is 0. The van der Waals surface area contributed by atoms with Crippen LogP contribution in [0.25, 0.3) is 0 Å². The van der Waals surface area contributed by atoms with Crippen LogP contribution in [-0.4, -0.2) is 41.9 Å². The molecule has 3 unspecified atom stereocenters. The molecule has 1 fully saturated rings. The Kier molecular flexibility index (Phi) is 7.83. The Hall–Kier alpha value is -1.66. The molecule has 0 bridgehead atoms. The van der Waals surface area contributed by atoms with Crippen LogP contribution in [0.5, 0.6) is 0 Å². The summed E-state index contributed by atoms with van der Waals surface area (Å²) in [5.41, 5.74) is 5.67. The Morgan fingerprint density at radius 1 is 1.36 bits per heavy atom. The van der Waals surface area contributed by atoms with Gasteiger partial charge in [-0.2, -0.15) is 0 Å². The Labute approximate surface area is 154 Å². The number of amides is 2. The second-order valence-corrected chi connectivity index (χ2v) is 6.85. The molecule has 1 aliphatic rings. The van der Waals surface area contributed by atoms with Gasteiger partial charge in [0.2, 0.25) is 5.91 Å². The second-order valence-electron chi connectivity index (χ2n) is 6.85. The van der Waals surface area contributed by atoms with E-state index in [0.29, 0.717) is 19.0 Å². The zero-order valence-electron chi connectivity index (χ0n) is 14.9. The fraction of sp³-hybridized carbons (Fsp3) is 0.556. The van der Waals surface area contributed by atoms with Gasteiger partial charge in [-0.3, -0.25) is 9.59 Å². The van der Waals surface area contributed by atoms with Crippen molar-refractivity contribution in [1.82, 2.24) is 10.2 Å². The van der Waals surface area contributed by atoms with Crippen LogP contribution in [0.3, 0.4) is 0 Å². The maximum absolute atomic E-state index is 13.8. The Balaban J connectivity index is 0.00000312. The molecular weight excluding hydrogens is 345 g/mol. The van der Waals surface area contributed by atoms with E-state index in [0.717, 1.165) is 6.42 Å². The first-order chi connectivity index (χ1) is 11.3. The molecule has 0 aliphatic carbocycles. The molecule has 3 N–H and O–H groups in total. The van der Waals surface area contributed by atoms with E-state index < -0.39 is 17.8 Å². The SMILES string of the molecule is CC(C)C(NC(=O)c1ccccc1F)C(=O)N1CC(CN)CC1C.Cl. The van der Waals surface area contributed by atoms with Crippen molar-refractivity contribution in [2.75, 3.05) is 13.1 Å². The lowest BCUT2D eigenvalue weighted by molar-refractivity contribution is -0.135. The van der Waals surface area contributed by atoms with Crippen LogP contribution in [0.2, 0.25) is 0 Å². The number of nitrogens with two attached hydrogens (primary N) is 1. The minimum absolute atomic E-state index is 0. The Morgan fingerprint density at radius 2 is 2.00 bits per heavy atom. The fourth-order valence-electron chi connectivity index (χ4n) is 3.18. The molecular formula is C18H27ClFN3O2. The first kappa shape index (κ1) is 21.4. The van der Waals surface area contributed by atoms with Crippen molar-refractivity contribution < 1.29 is 14.0 Å². The smallest absolute Gasteiger partial charge is 0.254 e. The zero-order chi connectivity index (χ0) is 17.9. The summed E-state index contributed by atoms with van der Waals surface area (Å²) < 4.78 is 13.8. The average Bonchev–Trinajstić information content (AvgIpc) is 2.93. The number of likely N-dealkylation sites (tertiary alicyclic amines) is 1. The van der Waals surface area contributed by atoms with Crippen LogP contribution < -0.4 is 11.1 Å². The second kappa shape index (κ2) is 9.15. The van der Waals surface area contributed by atoms with Crippen molar-refractivity contribution in [3.63, 3.8) is 0 Å². The number of rotatable bonds is 5. The van der Waals surface area contributed by atoms with Crippen molar-refractivity contribution >= 4 is 24.2 Å². The summed E-state index contributed by atoms with van der Waals surface area (Å²) in [7, 11) is 0. The van der Waals surface area contributed by atoms with E-state index in [2.05, 4.69) is 5.32 Å². The first-order valence-corrected chi connectivity index (χ1v) is 8.41. The number of carbonyl (C=O) groups is 2. The van der Waals surface area contributed by atoms with Gasteiger partial charge in [0.15, 0.2) is 0 Å². The van der Waals surface area contributed by atoms with Crippen LogP contribution in [0.15, 0.2) is 24.3 Å².